The van der Waals surface area contributed by atoms with Crippen LogP contribution in [-0.2, 0) is 13.1 Å². The summed E-state index contributed by atoms with van der Waals surface area (Å²) in [6, 6.07) is 2.11. The van der Waals surface area contributed by atoms with Gasteiger partial charge in [-0.1, -0.05) is 12.1 Å². The molecule has 0 spiro atoms. The zero-order valence-electron chi connectivity index (χ0n) is 9.69. The Morgan fingerprint density at radius 3 is 3.12 bits per heavy atom. The van der Waals surface area contributed by atoms with E-state index in [-0.39, 0.29) is 0 Å². The van der Waals surface area contributed by atoms with Crippen LogP contribution in [-0.4, -0.2) is 21.5 Å². The summed E-state index contributed by atoms with van der Waals surface area (Å²) in [6.07, 6.45) is 3.13. The molecule has 1 N–H and O–H groups in total. The maximum Gasteiger partial charge on any atom is 0.0964 e. The van der Waals surface area contributed by atoms with E-state index in [0.717, 1.165) is 35.5 Å². The zero-order valence-corrected chi connectivity index (χ0v) is 12.1. The highest BCUT2D eigenvalue weighted by Crippen LogP contribution is 2.21. The van der Waals surface area contributed by atoms with E-state index in [4.69, 9.17) is 0 Å². The third-order valence-electron chi connectivity index (χ3n) is 2.29. The number of hydrogen-bond donors (Lipinski definition) is 1. The molecule has 0 atom stereocenters. The number of nitrogens with zero attached hydrogens (tertiary/aromatic N) is 3. The van der Waals surface area contributed by atoms with E-state index in [2.05, 4.69) is 49.9 Å². The number of aromatic nitrogens is 3. The largest absolute Gasteiger partial charge is 0.311 e. The molecule has 4 nitrogen and oxygen atoms in total. The molecule has 0 aromatic carbocycles. The number of thiophene rings is 1. The molecule has 2 aromatic rings. The lowest BCUT2D eigenvalue weighted by Gasteiger charge is -1.97. The first-order valence-electron chi connectivity index (χ1n) is 5.60. The summed E-state index contributed by atoms with van der Waals surface area (Å²) in [5.41, 5.74) is 2.24. The lowest BCUT2D eigenvalue weighted by atomic mass is 10.3. The zero-order chi connectivity index (χ0) is 12.1. The molecular formula is C11H15BrN4S. The fourth-order valence-corrected chi connectivity index (χ4v) is 2.71. The second-order valence-corrected chi connectivity index (χ2v) is 6.13. The Morgan fingerprint density at radius 2 is 2.41 bits per heavy atom. The molecule has 0 aliphatic heterocycles. The Balaban J connectivity index is 1.89. The van der Waals surface area contributed by atoms with Crippen LogP contribution in [0.3, 0.4) is 0 Å². The second-order valence-electron chi connectivity index (χ2n) is 3.84. The highest BCUT2D eigenvalue weighted by molar-refractivity contribution is 9.11. The molecule has 0 fully saturated rings. The van der Waals surface area contributed by atoms with Crippen LogP contribution in [0.2, 0.25) is 0 Å². The van der Waals surface area contributed by atoms with Crippen LogP contribution >= 0.6 is 27.3 Å². The van der Waals surface area contributed by atoms with Gasteiger partial charge in [0.25, 0.3) is 0 Å². The first-order valence-corrected chi connectivity index (χ1v) is 7.28. The molecule has 92 valence electrons. The predicted octanol–water partition coefficient (Wildman–Crippen LogP) is 2.65. The van der Waals surface area contributed by atoms with Gasteiger partial charge in [0.15, 0.2) is 0 Å². The minimum atomic E-state index is 0.781. The maximum atomic E-state index is 4.13. The van der Waals surface area contributed by atoms with Gasteiger partial charge in [0.1, 0.15) is 0 Å². The topological polar surface area (TPSA) is 42.7 Å². The van der Waals surface area contributed by atoms with Gasteiger partial charge in [-0.25, -0.2) is 4.68 Å². The van der Waals surface area contributed by atoms with Crippen LogP contribution in [0.25, 0.3) is 0 Å². The van der Waals surface area contributed by atoms with Crippen molar-refractivity contribution >= 4 is 27.3 Å². The lowest BCUT2D eigenvalue weighted by Crippen LogP contribution is -2.13. The summed E-state index contributed by atoms with van der Waals surface area (Å²) >= 11 is 5.15. The Bertz CT molecular complexity index is 465. The molecule has 6 heteroatoms. The number of hydrogen-bond acceptors (Lipinski definition) is 4. The van der Waals surface area contributed by atoms with Gasteiger partial charge in [-0.3, -0.25) is 0 Å². The maximum absolute atomic E-state index is 4.13. The molecule has 0 saturated heterocycles. The SMILES string of the molecule is CCCNCc1cn(Cc2csc(Br)c2)nn1. The number of halogens is 1. The van der Waals surface area contributed by atoms with Gasteiger partial charge in [-0.15, -0.1) is 16.4 Å². The van der Waals surface area contributed by atoms with Gasteiger partial charge < -0.3 is 5.32 Å². The average molecular weight is 315 g/mol. The third-order valence-corrected chi connectivity index (χ3v) is 3.84. The lowest BCUT2D eigenvalue weighted by molar-refractivity contribution is 0.646. The van der Waals surface area contributed by atoms with Gasteiger partial charge >= 0.3 is 0 Å². The minimum Gasteiger partial charge on any atom is -0.311 e. The average Bonchev–Trinajstić information content (AvgIpc) is 2.90. The van der Waals surface area contributed by atoms with Crippen LogP contribution in [0.15, 0.2) is 21.4 Å². The van der Waals surface area contributed by atoms with E-state index < -0.39 is 0 Å². The Morgan fingerprint density at radius 1 is 1.53 bits per heavy atom. The first kappa shape index (κ1) is 12.7. The van der Waals surface area contributed by atoms with Gasteiger partial charge in [0.05, 0.1) is 22.2 Å². The highest BCUT2D eigenvalue weighted by atomic mass is 79.9. The van der Waals surface area contributed by atoms with Gasteiger partial charge in [-0.2, -0.15) is 0 Å². The summed E-state index contributed by atoms with van der Waals surface area (Å²) in [4.78, 5) is 0. The van der Waals surface area contributed by atoms with Gasteiger partial charge in [0.2, 0.25) is 0 Å². The standard InChI is InChI=1S/C11H15BrN4S/c1-2-3-13-5-10-7-16(15-14-10)6-9-4-11(12)17-8-9/h4,7-8,13H,2-3,5-6H2,1H3. The van der Waals surface area contributed by atoms with Crippen LogP contribution < -0.4 is 5.32 Å². The molecule has 0 radical (unpaired) electrons. The van der Waals surface area contributed by atoms with Crippen molar-refractivity contribution in [3.8, 4) is 0 Å². The van der Waals surface area contributed by atoms with Crippen molar-refractivity contribution in [1.29, 1.82) is 0 Å². The smallest absolute Gasteiger partial charge is 0.0964 e. The Kier molecular flexibility index (Phi) is 4.70. The van der Waals surface area contributed by atoms with Gasteiger partial charge in [-0.05, 0) is 45.9 Å². The van der Waals surface area contributed by atoms with Crippen molar-refractivity contribution in [1.82, 2.24) is 20.3 Å². The van der Waals surface area contributed by atoms with E-state index in [1.54, 1.807) is 11.3 Å². The summed E-state index contributed by atoms with van der Waals surface area (Å²) < 4.78 is 3.02. The van der Waals surface area contributed by atoms with Crippen molar-refractivity contribution < 1.29 is 0 Å². The fourth-order valence-electron chi connectivity index (χ4n) is 1.51. The molecule has 0 aliphatic carbocycles. The molecule has 0 amide bonds. The van der Waals surface area contributed by atoms with E-state index >= 15 is 0 Å². The van der Waals surface area contributed by atoms with Crippen molar-refractivity contribution in [2.45, 2.75) is 26.4 Å². The van der Waals surface area contributed by atoms with Crippen molar-refractivity contribution in [3.05, 3.63) is 32.7 Å². The van der Waals surface area contributed by atoms with Crippen molar-refractivity contribution in [2.75, 3.05) is 6.54 Å². The molecule has 0 bridgehead atoms. The summed E-state index contributed by atoms with van der Waals surface area (Å²) in [5.74, 6) is 0. The summed E-state index contributed by atoms with van der Waals surface area (Å²) in [5, 5.41) is 13.7. The summed E-state index contributed by atoms with van der Waals surface area (Å²) in [6.45, 7) is 4.74. The van der Waals surface area contributed by atoms with Crippen molar-refractivity contribution in [3.63, 3.8) is 0 Å². The quantitative estimate of drug-likeness (QED) is 0.834. The molecule has 2 rings (SSSR count). The molecule has 2 heterocycles. The highest BCUT2D eigenvalue weighted by Gasteiger charge is 2.02. The van der Waals surface area contributed by atoms with Crippen LogP contribution in [0.4, 0.5) is 0 Å². The summed E-state index contributed by atoms with van der Waals surface area (Å²) in [7, 11) is 0. The van der Waals surface area contributed by atoms with Crippen LogP contribution in [0.1, 0.15) is 24.6 Å². The van der Waals surface area contributed by atoms with Gasteiger partial charge in [0, 0.05) is 6.54 Å². The van der Waals surface area contributed by atoms with Crippen LogP contribution in [0.5, 0.6) is 0 Å². The predicted molar refractivity (Wildman–Crippen MR) is 73.1 cm³/mol. The Labute approximate surface area is 113 Å². The number of nitrogens with one attached hydrogen (secondary N) is 1. The van der Waals surface area contributed by atoms with E-state index in [1.165, 1.54) is 5.56 Å². The molecular weight excluding hydrogens is 300 g/mol. The van der Waals surface area contributed by atoms with Crippen LogP contribution in [0, 0.1) is 0 Å². The molecule has 0 unspecified atom stereocenters. The minimum absolute atomic E-state index is 0.781. The first-order chi connectivity index (χ1) is 8.28. The monoisotopic (exact) mass is 314 g/mol. The Hall–Kier alpha value is -0.720. The molecule has 0 saturated carbocycles. The van der Waals surface area contributed by atoms with E-state index in [9.17, 15) is 0 Å². The fraction of sp³-hybridized carbons (Fsp3) is 0.455. The molecule has 17 heavy (non-hydrogen) atoms. The van der Waals surface area contributed by atoms with E-state index in [0.29, 0.717) is 0 Å². The molecule has 0 aliphatic rings. The number of rotatable bonds is 6. The van der Waals surface area contributed by atoms with E-state index in [1.807, 2.05) is 10.9 Å². The molecule has 2 aromatic heterocycles. The van der Waals surface area contributed by atoms with Crippen molar-refractivity contribution in [2.24, 2.45) is 0 Å². The second kappa shape index (κ2) is 6.28. The third kappa shape index (κ3) is 3.90. The normalized spacial score (nSPS) is 10.9.